The Kier molecular flexibility index (Phi) is 4.64. The summed E-state index contributed by atoms with van der Waals surface area (Å²) in [7, 11) is 0. The van der Waals surface area contributed by atoms with Gasteiger partial charge in [-0.1, -0.05) is 6.42 Å². The first kappa shape index (κ1) is 13.8. The van der Waals surface area contributed by atoms with E-state index in [1.165, 1.54) is 38.8 Å². The fourth-order valence-electron chi connectivity index (χ4n) is 3.36. The van der Waals surface area contributed by atoms with Gasteiger partial charge in [0.05, 0.1) is 11.5 Å². The van der Waals surface area contributed by atoms with Crippen molar-refractivity contribution in [2.75, 3.05) is 19.6 Å². The van der Waals surface area contributed by atoms with Crippen LogP contribution in [-0.2, 0) is 0 Å². The predicted octanol–water partition coefficient (Wildman–Crippen LogP) is 2.53. The van der Waals surface area contributed by atoms with Gasteiger partial charge in [-0.25, -0.2) is 0 Å². The average molecular weight is 249 g/mol. The molecule has 2 atom stereocenters. The van der Waals surface area contributed by atoms with E-state index in [1.54, 1.807) is 0 Å². The van der Waals surface area contributed by atoms with Crippen LogP contribution < -0.4 is 5.32 Å². The summed E-state index contributed by atoms with van der Waals surface area (Å²) >= 11 is 0. The maximum absolute atomic E-state index is 8.95. The molecule has 0 spiro atoms. The maximum Gasteiger partial charge on any atom is 0.0683 e. The Balaban J connectivity index is 1.58. The van der Waals surface area contributed by atoms with Gasteiger partial charge >= 0.3 is 0 Å². The molecule has 0 aliphatic carbocycles. The van der Waals surface area contributed by atoms with E-state index in [9.17, 15) is 0 Å². The second kappa shape index (κ2) is 6.04. The van der Waals surface area contributed by atoms with Gasteiger partial charge in [-0.15, -0.1) is 0 Å². The van der Waals surface area contributed by atoms with Crippen LogP contribution in [0.25, 0.3) is 0 Å². The van der Waals surface area contributed by atoms with Crippen LogP contribution >= 0.6 is 0 Å². The second-order valence-corrected chi connectivity index (χ2v) is 6.55. The van der Waals surface area contributed by atoms with E-state index < -0.39 is 0 Å². The molecule has 0 aromatic carbocycles. The molecule has 3 nitrogen and oxygen atoms in total. The van der Waals surface area contributed by atoms with E-state index in [0.29, 0.717) is 0 Å². The molecule has 0 saturated carbocycles. The average Bonchev–Trinajstić information content (AvgIpc) is 2.92. The van der Waals surface area contributed by atoms with Crippen LogP contribution in [0.3, 0.4) is 0 Å². The lowest BCUT2D eigenvalue weighted by molar-refractivity contribution is 0.297. The van der Waals surface area contributed by atoms with Crippen molar-refractivity contribution in [1.82, 2.24) is 10.2 Å². The largest absolute Gasteiger partial charge is 0.312 e. The topological polar surface area (TPSA) is 39.1 Å². The van der Waals surface area contributed by atoms with Crippen molar-refractivity contribution in [3.05, 3.63) is 0 Å². The van der Waals surface area contributed by atoms with E-state index in [4.69, 9.17) is 5.26 Å². The van der Waals surface area contributed by atoms with E-state index in [1.807, 2.05) is 13.8 Å². The molecule has 2 aliphatic rings. The third-order valence-electron chi connectivity index (χ3n) is 4.54. The molecule has 0 amide bonds. The molecule has 0 aromatic heterocycles. The van der Waals surface area contributed by atoms with Crippen molar-refractivity contribution in [1.29, 1.82) is 5.26 Å². The zero-order chi connectivity index (χ0) is 13.0. The van der Waals surface area contributed by atoms with E-state index in [-0.39, 0.29) is 5.41 Å². The smallest absolute Gasteiger partial charge is 0.0683 e. The molecule has 2 heterocycles. The quantitative estimate of drug-likeness (QED) is 0.735. The molecule has 3 heteroatoms. The van der Waals surface area contributed by atoms with Crippen LogP contribution in [0.15, 0.2) is 0 Å². The minimum Gasteiger partial charge on any atom is -0.312 e. The van der Waals surface area contributed by atoms with E-state index >= 15 is 0 Å². The first-order chi connectivity index (χ1) is 8.62. The van der Waals surface area contributed by atoms with E-state index in [2.05, 4.69) is 16.3 Å². The fraction of sp³-hybridized carbons (Fsp3) is 0.933. The third kappa shape index (κ3) is 3.46. The van der Waals surface area contributed by atoms with Crippen molar-refractivity contribution in [3.8, 4) is 6.07 Å². The Labute approximate surface area is 112 Å². The maximum atomic E-state index is 8.95. The second-order valence-electron chi connectivity index (χ2n) is 6.55. The molecule has 0 radical (unpaired) electrons. The van der Waals surface area contributed by atoms with Crippen molar-refractivity contribution in [2.24, 2.45) is 5.41 Å². The molecule has 2 fully saturated rings. The highest BCUT2D eigenvalue weighted by Crippen LogP contribution is 2.28. The molecule has 2 unspecified atom stereocenters. The number of hydrogen-bond donors (Lipinski definition) is 1. The molecule has 102 valence electrons. The number of fused-ring (bicyclic) bond motifs is 1. The zero-order valence-corrected chi connectivity index (χ0v) is 11.9. The number of nitrogens with one attached hydrogen (secondary N) is 1. The third-order valence-corrected chi connectivity index (χ3v) is 4.54. The number of unbranched alkanes of at least 4 members (excludes halogenated alkanes) is 1. The van der Waals surface area contributed by atoms with Crippen LogP contribution in [0.4, 0.5) is 0 Å². The van der Waals surface area contributed by atoms with Gasteiger partial charge < -0.3 is 5.32 Å². The molecular weight excluding hydrogens is 222 g/mol. The molecule has 2 rings (SSSR count). The summed E-state index contributed by atoms with van der Waals surface area (Å²) in [6, 6.07) is 3.93. The molecule has 2 saturated heterocycles. The lowest BCUT2D eigenvalue weighted by Gasteiger charge is -2.21. The van der Waals surface area contributed by atoms with Crippen LogP contribution in [0.1, 0.15) is 52.4 Å². The molecule has 18 heavy (non-hydrogen) atoms. The molecule has 0 bridgehead atoms. The van der Waals surface area contributed by atoms with Gasteiger partial charge in [-0.3, -0.25) is 4.90 Å². The Hall–Kier alpha value is -0.590. The SMILES string of the molecule is CC(C)(C#N)CCCCNC1CCN2CCCC12. The van der Waals surface area contributed by atoms with Gasteiger partial charge in [0.15, 0.2) is 0 Å². The minimum atomic E-state index is -0.143. The Bertz CT molecular complexity index is 305. The lowest BCUT2D eigenvalue weighted by atomic mass is 9.89. The van der Waals surface area contributed by atoms with Crippen molar-refractivity contribution < 1.29 is 0 Å². The number of rotatable bonds is 6. The summed E-state index contributed by atoms with van der Waals surface area (Å²) in [6.45, 7) is 7.81. The summed E-state index contributed by atoms with van der Waals surface area (Å²) < 4.78 is 0. The summed E-state index contributed by atoms with van der Waals surface area (Å²) in [5.74, 6) is 0. The van der Waals surface area contributed by atoms with Gasteiger partial charge in [0.25, 0.3) is 0 Å². The first-order valence-corrected chi connectivity index (χ1v) is 7.51. The lowest BCUT2D eigenvalue weighted by Crippen LogP contribution is -2.39. The normalized spacial score (nSPS) is 28.3. The van der Waals surface area contributed by atoms with Gasteiger partial charge in [-0.2, -0.15) is 5.26 Å². The van der Waals surface area contributed by atoms with Crippen LogP contribution in [-0.4, -0.2) is 36.6 Å². The van der Waals surface area contributed by atoms with Crippen molar-refractivity contribution in [2.45, 2.75) is 64.5 Å². The van der Waals surface area contributed by atoms with Crippen LogP contribution in [0.5, 0.6) is 0 Å². The standard InChI is InChI=1S/C15H27N3/c1-15(2,12-16)8-3-4-9-17-13-7-11-18-10-5-6-14(13)18/h13-14,17H,3-11H2,1-2H3. The number of nitrogens with zero attached hydrogens (tertiary/aromatic N) is 2. The minimum absolute atomic E-state index is 0.143. The van der Waals surface area contributed by atoms with Gasteiger partial charge in [0.2, 0.25) is 0 Å². The fourth-order valence-corrected chi connectivity index (χ4v) is 3.36. The summed E-state index contributed by atoms with van der Waals surface area (Å²) in [5, 5.41) is 12.7. The Morgan fingerprint density at radius 1 is 1.28 bits per heavy atom. The monoisotopic (exact) mass is 249 g/mol. The van der Waals surface area contributed by atoms with Gasteiger partial charge in [0.1, 0.15) is 0 Å². The zero-order valence-electron chi connectivity index (χ0n) is 11.9. The summed E-state index contributed by atoms with van der Waals surface area (Å²) in [4.78, 5) is 2.65. The summed E-state index contributed by atoms with van der Waals surface area (Å²) in [6.07, 6.45) is 7.49. The molecular formula is C15H27N3. The van der Waals surface area contributed by atoms with Crippen LogP contribution in [0, 0.1) is 16.7 Å². The molecule has 2 aliphatic heterocycles. The Morgan fingerprint density at radius 3 is 2.89 bits per heavy atom. The number of hydrogen-bond acceptors (Lipinski definition) is 3. The van der Waals surface area contributed by atoms with Crippen LogP contribution in [0.2, 0.25) is 0 Å². The molecule has 1 N–H and O–H groups in total. The highest BCUT2D eigenvalue weighted by molar-refractivity contribution is 4.95. The van der Waals surface area contributed by atoms with Gasteiger partial charge in [0, 0.05) is 18.6 Å². The van der Waals surface area contributed by atoms with Gasteiger partial charge in [-0.05, 0) is 59.0 Å². The number of nitriles is 1. The molecule has 0 aromatic rings. The first-order valence-electron chi connectivity index (χ1n) is 7.51. The highest BCUT2D eigenvalue weighted by Gasteiger charge is 2.36. The summed E-state index contributed by atoms with van der Waals surface area (Å²) in [5.41, 5.74) is -0.143. The van der Waals surface area contributed by atoms with Crippen molar-refractivity contribution in [3.63, 3.8) is 0 Å². The predicted molar refractivity (Wildman–Crippen MR) is 74.2 cm³/mol. The highest BCUT2D eigenvalue weighted by atomic mass is 15.2. The van der Waals surface area contributed by atoms with Crippen molar-refractivity contribution >= 4 is 0 Å². The Morgan fingerprint density at radius 2 is 2.11 bits per heavy atom. The van der Waals surface area contributed by atoms with E-state index in [0.717, 1.165) is 31.5 Å².